The molecule has 1 aromatic rings. The molecule has 2 heterocycles. The molecule has 0 atom stereocenters. The van der Waals surface area contributed by atoms with Crippen LogP contribution in [0.25, 0.3) is 0 Å². The van der Waals surface area contributed by atoms with E-state index < -0.39 is 0 Å². The van der Waals surface area contributed by atoms with Gasteiger partial charge < -0.3 is 15.0 Å². The molecule has 1 aliphatic rings. The van der Waals surface area contributed by atoms with Gasteiger partial charge in [-0.1, -0.05) is 0 Å². The van der Waals surface area contributed by atoms with Crippen LogP contribution in [-0.2, 0) is 11.3 Å². The monoisotopic (exact) mass is 346 g/mol. The first kappa shape index (κ1) is 15.4. The summed E-state index contributed by atoms with van der Waals surface area (Å²) in [5, 5.41) is 5.65. The summed E-state index contributed by atoms with van der Waals surface area (Å²) in [6, 6.07) is 2.19. The molecule has 0 spiro atoms. The molecule has 0 radical (unpaired) electrons. The molecule has 1 aliphatic heterocycles. The number of ether oxygens (including phenoxy) is 1. The van der Waals surface area contributed by atoms with Crippen LogP contribution in [0.5, 0.6) is 0 Å². The third-order valence-electron chi connectivity index (χ3n) is 3.46. The highest BCUT2D eigenvalue weighted by molar-refractivity contribution is 9.10. The normalized spacial score (nSPS) is 18.0. The second-order valence-electron chi connectivity index (χ2n) is 4.90. The highest BCUT2D eigenvalue weighted by Crippen LogP contribution is 2.19. The van der Waals surface area contributed by atoms with Crippen molar-refractivity contribution < 1.29 is 4.74 Å². The Morgan fingerprint density at radius 2 is 2.26 bits per heavy atom. The van der Waals surface area contributed by atoms with Crippen molar-refractivity contribution >= 4 is 27.3 Å². The predicted molar refractivity (Wildman–Crippen MR) is 84.8 cm³/mol. The summed E-state index contributed by atoms with van der Waals surface area (Å²) in [6.45, 7) is 8.47. The van der Waals surface area contributed by atoms with Gasteiger partial charge >= 0.3 is 0 Å². The summed E-state index contributed by atoms with van der Waals surface area (Å²) < 4.78 is 6.86. The van der Waals surface area contributed by atoms with Crippen LogP contribution in [0.15, 0.2) is 15.9 Å². The van der Waals surface area contributed by atoms with Gasteiger partial charge in [-0.15, -0.1) is 11.3 Å². The van der Waals surface area contributed by atoms with E-state index in [9.17, 15) is 0 Å². The maximum atomic E-state index is 5.67. The van der Waals surface area contributed by atoms with E-state index in [0.717, 1.165) is 26.2 Å². The van der Waals surface area contributed by atoms with Crippen molar-refractivity contribution in [3.05, 3.63) is 20.8 Å². The highest BCUT2D eigenvalue weighted by atomic mass is 79.9. The Labute approximate surface area is 128 Å². The van der Waals surface area contributed by atoms with E-state index in [1.165, 1.54) is 35.3 Å². The number of piperidine rings is 1. The molecule has 2 rings (SSSR count). The molecule has 0 saturated carbocycles. The fraction of sp³-hybridized carbons (Fsp3) is 0.714. The zero-order valence-electron chi connectivity index (χ0n) is 11.5. The van der Waals surface area contributed by atoms with Crippen molar-refractivity contribution in [2.24, 2.45) is 0 Å². The third-order valence-corrected chi connectivity index (χ3v) is 5.16. The zero-order valence-corrected chi connectivity index (χ0v) is 13.9. The minimum Gasteiger partial charge on any atom is -0.378 e. The van der Waals surface area contributed by atoms with Gasteiger partial charge in [-0.3, -0.25) is 0 Å². The second-order valence-corrected chi connectivity index (χ2v) is 6.82. The van der Waals surface area contributed by atoms with Crippen molar-refractivity contribution in [3.8, 4) is 0 Å². The average molecular weight is 347 g/mol. The highest BCUT2D eigenvalue weighted by Gasteiger charge is 2.18. The molecule has 19 heavy (non-hydrogen) atoms. The Balaban J connectivity index is 1.54. The third kappa shape index (κ3) is 5.52. The summed E-state index contributed by atoms with van der Waals surface area (Å²) in [5.41, 5.74) is 0. The number of halogens is 1. The van der Waals surface area contributed by atoms with Gasteiger partial charge in [-0.2, -0.15) is 0 Å². The zero-order chi connectivity index (χ0) is 13.5. The van der Waals surface area contributed by atoms with Gasteiger partial charge in [0.1, 0.15) is 0 Å². The minimum absolute atomic E-state index is 0.498. The molecule has 0 unspecified atom stereocenters. The van der Waals surface area contributed by atoms with E-state index >= 15 is 0 Å². The van der Waals surface area contributed by atoms with Gasteiger partial charge in [0, 0.05) is 54.1 Å². The number of rotatable bonds is 7. The lowest BCUT2D eigenvalue weighted by Crippen LogP contribution is -2.40. The largest absolute Gasteiger partial charge is 0.378 e. The Morgan fingerprint density at radius 1 is 1.47 bits per heavy atom. The molecule has 0 aromatic carbocycles. The molecular formula is C14H23BrN2OS. The van der Waals surface area contributed by atoms with Gasteiger partial charge in [-0.25, -0.2) is 0 Å². The SMILES string of the molecule is CCOC1CCN(CCNCc2cc(Br)cs2)CC1. The van der Waals surface area contributed by atoms with Crippen molar-refractivity contribution in [1.29, 1.82) is 0 Å². The van der Waals surface area contributed by atoms with E-state index in [1.54, 1.807) is 11.3 Å². The smallest absolute Gasteiger partial charge is 0.0599 e. The fourth-order valence-electron chi connectivity index (χ4n) is 2.43. The number of nitrogens with zero attached hydrogens (tertiary/aromatic N) is 1. The summed E-state index contributed by atoms with van der Waals surface area (Å²) >= 11 is 5.29. The number of hydrogen-bond donors (Lipinski definition) is 1. The quantitative estimate of drug-likeness (QED) is 0.767. The standard InChI is InChI=1S/C14H23BrN2OS/c1-2-18-13-3-6-17(7-4-13)8-5-16-10-14-9-12(15)11-19-14/h9,11,13,16H,2-8,10H2,1H3. The Morgan fingerprint density at radius 3 is 2.89 bits per heavy atom. The number of likely N-dealkylation sites (tertiary alicyclic amines) is 1. The van der Waals surface area contributed by atoms with E-state index in [0.29, 0.717) is 6.10 Å². The van der Waals surface area contributed by atoms with Gasteiger partial charge in [0.05, 0.1) is 6.10 Å². The van der Waals surface area contributed by atoms with E-state index in [2.05, 4.69) is 44.5 Å². The molecule has 0 bridgehead atoms. The van der Waals surface area contributed by atoms with Crippen molar-refractivity contribution in [2.75, 3.05) is 32.8 Å². The molecule has 108 valence electrons. The first-order valence-electron chi connectivity index (χ1n) is 7.05. The molecule has 1 aromatic heterocycles. The van der Waals surface area contributed by atoms with Gasteiger partial charge in [0.25, 0.3) is 0 Å². The number of nitrogens with one attached hydrogen (secondary N) is 1. The van der Waals surface area contributed by atoms with Crippen LogP contribution in [-0.4, -0.2) is 43.8 Å². The first-order chi connectivity index (χ1) is 9.28. The van der Waals surface area contributed by atoms with Crippen LogP contribution in [0.3, 0.4) is 0 Å². The Bertz CT molecular complexity index is 364. The lowest BCUT2D eigenvalue weighted by Gasteiger charge is -2.31. The second kappa shape index (κ2) is 8.37. The van der Waals surface area contributed by atoms with Crippen molar-refractivity contribution in [2.45, 2.75) is 32.4 Å². The molecular weight excluding hydrogens is 324 g/mol. The summed E-state index contributed by atoms with van der Waals surface area (Å²) in [6.07, 6.45) is 2.87. The van der Waals surface area contributed by atoms with E-state index in [-0.39, 0.29) is 0 Å². The molecule has 1 fully saturated rings. The van der Waals surface area contributed by atoms with Gasteiger partial charge in [0.15, 0.2) is 0 Å². The molecule has 1 saturated heterocycles. The molecule has 1 N–H and O–H groups in total. The lowest BCUT2D eigenvalue weighted by atomic mass is 10.1. The fourth-order valence-corrected chi connectivity index (χ4v) is 3.85. The van der Waals surface area contributed by atoms with Crippen LogP contribution in [0.4, 0.5) is 0 Å². The lowest BCUT2D eigenvalue weighted by molar-refractivity contribution is 0.0145. The molecule has 0 aliphatic carbocycles. The maximum Gasteiger partial charge on any atom is 0.0599 e. The summed E-state index contributed by atoms with van der Waals surface area (Å²) in [4.78, 5) is 3.93. The van der Waals surface area contributed by atoms with Crippen molar-refractivity contribution in [1.82, 2.24) is 10.2 Å². The number of hydrogen-bond acceptors (Lipinski definition) is 4. The Kier molecular flexibility index (Phi) is 6.81. The maximum absolute atomic E-state index is 5.67. The Hall–Kier alpha value is 0.0600. The number of thiophene rings is 1. The van der Waals surface area contributed by atoms with Crippen LogP contribution < -0.4 is 5.32 Å². The summed E-state index contributed by atoms with van der Waals surface area (Å²) in [7, 11) is 0. The molecule has 5 heteroatoms. The minimum atomic E-state index is 0.498. The average Bonchev–Trinajstić information content (AvgIpc) is 2.83. The van der Waals surface area contributed by atoms with E-state index in [1.807, 2.05) is 0 Å². The summed E-state index contributed by atoms with van der Waals surface area (Å²) in [5.74, 6) is 0. The topological polar surface area (TPSA) is 24.5 Å². The van der Waals surface area contributed by atoms with Gasteiger partial charge in [0.2, 0.25) is 0 Å². The van der Waals surface area contributed by atoms with Gasteiger partial charge in [-0.05, 0) is 41.8 Å². The van der Waals surface area contributed by atoms with E-state index in [4.69, 9.17) is 4.74 Å². The molecule has 0 amide bonds. The van der Waals surface area contributed by atoms with Crippen LogP contribution >= 0.6 is 27.3 Å². The van der Waals surface area contributed by atoms with Crippen LogP contribution in [0, 0.1) is 0 Å². The predicted octanol–water partition coefficient (Wildman–Crippen LogP) is 3.10. The first-order valence-corrected chi connectivity index (χ1v) is 8.72. The van der Waals surface area contributed by atoms with Crippen LogP contribution in [0.1, 0.15) is 24.6 Å². The van der Waals surface area contributed by atoms with Crippen LogP contribution in [0.2, 0.25) is 0 Å². The molecule has 3 nitrogen and oxygen atoms in total. The van der Waals surface area contributed by atoms with Crippen molar-refractivity contribution in [3.63, 3.8) is 0 Å².